The van der Waals surface area contributed by atoms with Crippen LogP contribution in [-0.4, -0.2) is 30.1 Å². The summed E-state index contributed by atoms with van der Waals surface area (Å²) < 4.78 is 25.9. The smallest absolute Gasteiger partial charge is 0.270 e. The van der Waals surface area contributed by atoms with Gasteiger partial charge < -0.3 is 9.47 Å². The molecule has 0 radical (unpaired) electrons. The van der Waals surface area contributed by atoms with E-state index in [9.17, 15) is 14.0 Å². The van der Waals surface area contributed by atoms with E-state index in [-0.39, 0.29) is 23.0 Å². The predicted molar refractivity (Wildman–Crippen MR) is 122 cm³/mol. The summed E-state index contributed by atoms with van der Waals surface area (Å²) in [5, 5.41) is 2.22. The lowest BCUT2D eigenvalue weighted by molar-refractivity contribution is -0.122. The van der Waals surface area contributed by atoms with Crippen LogP contribution in [0.4, 0.5) is 10.1 Å². The molecule has 6 nitrogen and oxygen atoms in total. The Bertz CT molecular complexity index is 1140. The van der Waals surface area contributed by atoms with Crippen molar-refractivity contribution >= 4 is 56.8 Å². The number of nitrogens with one attached hydrogen (secondary N) is 1. The zero-order chi connectivity index (χ0) is 22.5. The molecule has 2 aromatic carbocycles. The Hall–Kier alpha value is -3.22. The Kier molecular flexibility index (Phi) is 7.05. The van der Waals surface area contributed by atoms with Crippen LogP contribution < -0.4 is 19.7 Å². The minimum atomic E-state index is -0.749. The van der Waals surface area contributed by atoms with Gasteiger partial charge in [0.2, 0.25) is 0 Å². The summed E-state index contributed by atoms with van der Waals surface area (Å²) >= 11 is 8.49. The molecule has 1 aliphatic rings. The maximum atomic E-state index is 14.3. The van der Waals surface area contributed by atoms with Gasteiger partial charge in [0.25, 0.3) is 11.8 Å². The second-order valence-electron chi connectivity index (χ2n) is 6.17. The van der Waals surface area contributed by atoms with E-state index in [1.807, 2.05) is 0 Å². The van der Waals surface area contributed by atoms with Crippen molar-refractivity contribution in [2.24, 2.45) is 0 Å². The SMILES string of the molecule is C#CCOc1c(Br)cc(/C=C2\C(=O)NC(=S)N(c3ccccc3F)C2=O)cc1OCC. The second kappa shape index (κ2) is 9.73. The number of amides is 2. The Morgan fingerprint density at radius 3 is 2.71 bits per heavy atom. The fraction of sp³-hybridized carbons (Fsp3) is 0.136. The molecule has 0 atom stereocenters. The average molecular weight is 503 g/mol. The monoisotopic (exact) mass is 502 g/mol. The van der Waals surface area contributed by atoms with Gasteiger partial charge in [-0.15, -0.1) is 6.42 Å². The normalized spacial score (nSPS) is 15.0. The summed E-state index contributed by atoms with van der Waals surface area (Å²) in [6.45, 7) is 2.19. The van der Waals surface area contributed by atoms with Gasteiger partial charge in [-0.25, -0.2) is 9.29 Å². The molecule has 158 valence electrons. The first-order valence-electron chi connectivity index (χ1n) is 9.06. The van der Waals surface area contributed by atoms with Gasteiger partial charge >= 0.3 is 0 Å². The highest BCUT2D eigenvalue weighted by atomic mass is 79.9. The lowest BCUT2D eigenvalue weighted by atomic mass is 10.1. The number of hydrogen-bond donors (Lipinski definition) is 1. The third kappa shape index (κ3) is 4.76. The van der Waals surface area contributed by atoms with Crippen molar-refractivity contribution in [3.05, 3.63) is 57.8 Å². The van der Waals surface area contributed by atoms with Gasteiger partial charge in [-0.1, -0.05) is 18.1 Å². The number of hydrogen-bond acceptors (Lipinski definition) is 5. The van der Waals surface area contributed by atoms with Crippen molar-refractivity contribution in [3.63, 3.8) is 0 Å². The molecule has 9 heteroatoms. The maximum Gasteiger partial charge on any atom is 0.270 e. The first kappa shape index (κ1) is 22.5. The topological polar surface area (TPSA) is 67.9 Å². The molecule has 0 aromatic heterocycles. The molecule has 0 spiro atoms. The Labute approximate surface area is 192 Å². The number of halogens is 2. The first-order valence-corrected chi connectivity index (χ1v) is 10.3. The van der Waals surface area contributed by atoms with Crippen LogP contribution in [0.1, 0.15) is 12.5 Å². The van der Waals surface area contributed by atoms with Crippen LogP contribution in [-0.2, 0) is 9.59 Å². The standard InChI is InChI=1S/C22H16BrFN2O4S/c1-3-9-30-19-15(23)11-13(12-18(19)29-4-2)10-14-20(27)25-22(31)26(21(14)28)17-8-6-5-7-16(17)24/h1,5-8,10-12H,4,9H2,2H3,(H,25,27,31)/b14-10+. The number of carbonyl (C=O) groups is 2. The molecule has 0 saturated carbocycles. The van der Waals surface area contributed by atoms with Gasteiger partial charge in [-0.2, -0.15) is 0 Å². The lowest BCUT2D eigenvalue weighted by Gasteiger charge is -2.29. The number of benzene rings is 2. The Morgan fingerprint density at radius 2 is 2.03 bits per heavy atom. The molecule has 1 fully saturated rings. The molecule has 3 rings (SSSR count). The van der Waals surface area contributed by atoms with Crippen LogP contribution >= 0.6 is 28.1 Å². The number of para-hydroxylation sites is 1. The number of rotatable bonds is 6. The van der Waals surface area contributed by atoms with Crippen molar-refractivity contribution in [2.75, 3.05) is 18.1 Å². The zero-order valence-corrected chi connectivity index (χ0v) is 18.7. The molecule has 0 aliphatic carbocycles. The van der Waals surface area contributed by atoms with E-state index in [2.05, 4.69) is 27.2 Å². The Morgan fingerprint density at radius 1 is 1.29 bits per heavy atom. The van der Waals surface area contributed by atoms with Crippen LogP contribution in [0.3, 0.4) is 0 Å². The summed E-state index contributed by atoms with van der Waals surface area (Å²) in [6, 6.07) is 8.90. The number of terminal acetylenes is 1. The van der Waals surface area contributed by atoms with E-state index in [1.54, 1.807) is 25.1 Å². The molecule has 2 amide bonds. The number of thiocarbonyl (C=S) groups is 1. The van der Waals surface area contributed by atoms with E-state index in [4.69, 9.17) is 28.1 Å². The Balaban J connectivity index is 2.04. The number of anilines is 1. The van der Waals surface area contributed by atoms with E-state index in [0.29, 0.717) is 28.1 Å². The van der Waals surface area contributed by atoms with Crippen LogP contribution in [0, 0.1) is 18.2 Å². The summed E-state index contributed by atoms with van der Waals surface area (Å²) in [5.74, 6) is 1.07. The van der Waals surface area contributed by atoms with E-state index in [1.165, 1.54) is 24.3 Å². The minimum absolute atomic E-state index is 0.0368. The summed E-state index contributed by atoms with van der Waals surface area (Å²) in [5.41, 5.74) is 0.198. The quantitative estimate of drug-likeness (QED) is 0.281. The van der Waals surface area contributed by atoms with Gasteiger partial charge in [-0.05, 0) is 71.0 Å². The molecule has 1 saturated heterocycles. The molecule has 0 bridgehead atoms. The predicted octanol–water partition coefficient (Wildman–Crippen LogP) is 3.83. The second-order valence-corrected chi connectivity index (χ2v) is 7.41. The summed E-state index contributed by atoms with van der Waals surface area (Å²) in [6.07, 6.45) is 6.62. The van der Waals surface area contributed by atoms with Crippen LogP contribution in [0.5, 0.6) is 11.5 Å². The highest BCUT2D eigenvalue weighted by Crippen LogP contribution is 2.38. The first-order chi connectivity index (χ1) is 14.9. The fourth-order valence-electron chi connectivity index (χ4n) is 2.86. The number of ether oxygens (including phenoxy) is 2. The zero-order valence-electron chi connectivity index (χ0n) is 16.3. The fourth-order valence-corrected chi connectivity index (χ4v) is 3.71. The number of carbonyl (C=O) groups excluding carboxylic acids is 2. The molecule has 0 unspecified atom stereocenters. The molecule has 1 N–H and O–H groups in total. The number of nitrogens with zero attached hydrogens (tertiary/aromatic N) is 1. The van der Waals surface area contributed by atoms with Gasteiger partial charge in [0.1, 0.15) is 18.0 Å². The van der Waals surface area contributed by atoms with E-state index in [0.717, 1.165) is 4.90 Å². The molecular formula is C22H16BrFN2O4S. The van der Waals surface area contributed by atoms with Crippen molar-refractivity contribution in [2.45, 2.75) is 6.92 Å². The van der Waals surface area contributed by atoms with Crippen molar-refractivity contribution < 1.29 is 23.5 Å². The van der Waals surface area contributed by atoms with Gasteiger partial charge in [-0.3, -0.25) is 14.9 Å². The largest absolute Gasteiger partial charge is 0.490 e. The van der Waals surface area contributed by atoms with Crippen molar-refractivity contribution in [1.82, 2.24) is 5.32 Å². The summed E-state index contributed by atoms with van der Waals surface area (Å²) in [7, 11) is 0. The maximum absolute atomic E-state index is 14.3. The highest BCUT2D eigenvalue weighted by Gasteiger charge is 2.35. The molecule has 2 aromatic rings. The van der Waals surface area contributed by atoms with Crippen molar-refractivity contribution in [1.29, 1.82) is 0 Å². The molecule has 1 aliphatic heterocycles. The van der Waals surface area contributed by atoms with Gasteiger partial charge in [0.15, 0.2) is 16.6 Å². The lowest BCUT2D eigenvalue weighted by Crippen LogP contribution is -2.54. The molecule has 1 heterocycles. The summed E-state index contributed by atoms with van der Waals surface area (Å²) in [4.78, 5) is 26.5. The highest BCUT2D eigenvalue weighted by molar-refractivity contribution is 9.10. The third-order valence-corrected chi connectivity index (χ3v) is 5.01. The van der Waals surface area contributed by atoms with Gasteiger partial charge in [0.05, 0.1) is 16.8 Å². The van der Waals surface area contributed by atoms with Crippen molar-refractivity contribution in [3.8, 4) is 23.8 Å². The van der Waals surface area contributed by atoms with E-state index < -0.39 is 17.6 Å². The third-order valence-electron chi connectivity index (χ3n) is 4.14. The van der Waals surface area contributed by atoms with Gasteiger partial charge in [0, 0.05) is 0 Å². The van der Waals surface area contributed by atoms with E-state index >= 15 is 0 Å². The average Bonchev–Trinajstić information content (AvgIpc) is 2.72. The molecular weight excluding hydrogens is 487 g/mol. The van der Waals surface area contributed by atoms with Crippen LogP contribution in [0.2, 0.25) is 0 Å². The van der Waals surface area contributed by atoms with Crippen LogP contribution in [0.15, 0.2) is 46.4 Å². The van der Waals surface area contributed by atoms with Crippen LogP contribution in [0.25, 0.3) is 6.08 Å². The minimum Gasteiger partial charge on any atom is -0.490 e. The molecule has 31 heavy (non-hydrogen) atoms.